The van der Waals surface area contributed by atoms with Gasteiger partial charge in [0.05, 0.1) is 5.69 Å². The lowest BCUT2D eigenvalue weighted by atomic mass is 10.2. The maximum atomic E-state index is 11.4. The molecule has 72 valence electrons. The number of benzene rings is 1. The average Bonchev–Trinajstić information content (AvgIpc) is 2.61. The Morgan fingerprint density at radius 3 is 2.64 bits per heavy atom. The Morgan fingerprint density at radius 1 is 1.36 bits per heavy atom. The van der Waals surface area contributed by atoms with E-state index in [2.05, 4.69) is 5.10 Å². The Labute approximate surface area is 83.0 Å². The summed E-state index contributed by atoms with van der Waals surface area (Å²) in [5, 5.41) is 6.01. The van der Waals surface area contributed by atoms with Gasteiger partial charge in [0.1, 0.15) is 12.3 Å². The van der Waals surface area contributed by atoms with Crippen LogP contribution in [-0.2, 0) is 4.79 Å². The fourth-order valence-electron chi connectivity index (χ4n) is 1.48. The van der Waals surface area contributed by atoms with Crippen molar-refractivity contribution in [2.24, 2.45) is 5.10 Å². The predicted molar refractivity (Wildman–Crippen MR) is 56.5 cm³/mol. The second-order valence-electron chi connectivity index (χ2n) is 3.22. The van der Waals surface area contributed by atoms with Crippen LogP contribution in [0.5, 0.6) is 0 Å². The van der Waals surface area contributed by atoms with Gasteiger partial charge in [-0.05, 0) is 18.6 Å². The summed E-state index contributed by atoms with van der Waals surface area (Å²) in [6.07, 6.45) is 0.710. The van der Waals surface area contributed by atoms with E-state index in [1.165, 1.54) is 0 Å². The van der Waals surface area contributed by atoms with E-state index in [-0.39, 0.29) is 5.78 Å². The molecule has 1 aromatic carbocycles. The van der Waals surface area contributed by atoms with Gasteiger partial charge in [-0.15, -0.1) is 0 Å². The molecule has 1 heterocycles. The molecule has 0 bridgehead atoms. The third-order valence-electron chi connectivity index (χ3n) is 2.25. The number of hydrogen-bond donors (Lipinski definition) is 0. The first-order valence-corrected chi connectivity index (χ1v) is 4.74. The molecule has 0 aliphatic carbocycles. The third-order valence-corrected chi connectivity index (χ3v) is 2.25. The van der Waals surface area contributed by atoms with E-state index in [9.17, 15) is 4.79 Å². The Morgan fingerprint density at radius 2 is 2.07 bits per heavy atom. The number of nitrogens with zero attached hydrogens (tertiary/aromatic N) is 2. The van der Waals surface area contributed by atoms with Gasteiger partial charge in [0.2, 0.25) is 0 Å². The molecule has 0 atom stereocenters. The molecule has 0 unspecified atom stereocenters. The Hall–Kier alpha value is -1.64. The van der Waals surface area contributed by atoms with Gasteiger partial charge < -0.3 is 0 Å². The van der Waals surface area contributed by atoms with Crippen molar-refractivity contribution in [2.75, 3.05) is 11.6 Å². The third kappa shape index (κ3) is 1.53. The quantitative estimate of drug-likeness (QED) is 0.709. The first-order chi connectivity index (χ1) is 6.81. The number of hydrogen-bond acceptors (Lipinski definition) is 3. The van der Waals surface area contributed by atoms with Gasteiger partial charge in [0.15, 0.2) is 5.78 Å². The first kappa shape index (κ1) is 8.94. The number of para-hydroxylation sites is 1. The second-order valence-corrected chi connectivity index (χ2v) is 3.22. The molecule has 1 aliphatic heterocycles. The lowest BCUT2D eigenvalue weighted by Crippen LogP contribution is -2.18. The highest BCUT2D eigenvalue weighted by atomic mass is 16.1. The van der Waals surface area contributed by atoms with Crippen LogP contribution >= 0.6 is 0 Å². The maximum Gasteiger partial charge on any atom is 0.200 e. The van der Waals surface area contributed by atoms with Crippen LogP contribution in [0.15, 0.2) is 35.4 Å². The van der Waals surface area contributed by atoms with Crippen LogP contribution in [0.4, 0.5) is 5.69 Å². The Balaban J connectivity index is 2.24. The van der Waals surface area contributed by atoms with Crippen LogP contribution < -0.4 is 5.01 Å². The molecule has 0 aromatic heterocycles. The van der Waals surface area contributed by atoms with Crippen LogP contribution in [0.2, 0.25) is 0 Å². The van der Waals surface area contributed by atoms with E-state index in [4.69, 9.17) is 0 Å². The summed E-state index contributed by atoms with van der Waals surface area (Å²) in [4.78, 5) is 11.4. The van der Waals surface area contributed by atoms with Crippen molar-refractivity contribution >= 4 is 17.2 Å². The van der Waals surface area contributed by atoms with E-state index in [0.717, 1.165) is 5.69 Å². The SMILES string of the molecule is CCC1=NN(c2ccccc2)CC1=O. The summed E-state index contributed by atoms with van der Waals surface area (Å²) in [5.41, 5.74) is 1.65. The van der Waals surface area contributed by atoms with E-state index >= 15 is 0 Å². The van der Waals surface area contributed by atoms with Gasteiger partial charge in [0.25, 0.3) is 0 Å². The molecule has 2 rings (SSSR count). The van der Waals surface area contributed by atoms with Crippen LogP contribution in [0, 0.1) is 0 Å². The van der Waals surface area contributed by atoms with Crippen LogP contribution in [-0.4, -0.2) is 18.0 Å². The lowest BCUT2D eigenvalue weighted by molar-refractivity contribution is -0.111. The highest BCUT2D eigenvalue weighted by Gasteiger charge is 2.22. The molecule has 14 heavy (non-hydrogen) atoms. The Bertz CT molecular complexity index is 370. The smallest absolute Gasteiger partial charge is 0.200 e. The van der Waals surface area contributed by atoms with Crippen molar-refractivity contribution in [3.63, 3.8) is 0 Å². The largest absolute Gasteiger partial charge is 0.291 e. The predicted octanol–water partition coefficient (Wildman–Crippen LogP) is 1.84. The highest BCUT2D eigenvalue weighted by Crippen LogP contribution is 2.17. The topological polar surface area (TPSA) is 32.7 Å². The first-order valence-electron chi connectivity index (χ1n) is 4.74. The minimum Gasteiger partial charge on any atom is -0.291 e. The fourth-order valence-corrected chi connectivity index (χ4v) is 1.48. The molecule has 0 amide bonds. The molecule has 1 aliphatic rings. The minimum atomic E-state index is 0.136. The van der Waals surface area contributed by atoms with Crippen molar-refractivity contribution < 1.29 is 4.79 Å². The summed E-state index contributed by atoms with van der Waals surface area (Å²) >= 11 is 0. The molecule has 0 radical (unpaired) electrons. The number of rotatable bonds is 2. The summed E-state index contributed by atoms with van der Waals surface area (Å²) in [6.45, 7) is 2.33. The summed E-state index contributed by atoms with van der Waals surface area (Å²) in [7, 11) is 0. The van der Waals surface area contributed by atoms with Crippen molar-refractivity contribution in [1.29, 1.82) is 0 Å². The van der Waals surface area contributed by atoms with E-state index < -0.39 is 0 Å². The minimum absolute atomic E-state index is 0.136. The summed E-state index contributed by atoms with van der Waals surface area (Å²) in [5.74, 6) is 0.136. The number of carbonyl (C=O) groups excluding carboxylic acids is 1. The van der Waals surface area contributed by atoms with Gasteiger partial charge in [-0.3, -0.25) is 9.80 Å². The molecule has 0 saturated carbocycles. The zero-order valence-corrected chi connectivity index (χ0v) is 8.10. The summed E-state index contributed by atoms with van der Waals surface area (Å²) in [6, 6.07) is 9.75. The zero-order chi connectivity index (χ0) is 9.97. The molecule has 0 saturated heterocycles. The number of ketones is 1. The molecule has 3 heteroatoms. The zero-order valence-electron chi connectivity index (χ0n) is 8.10. The molecule has 0 fully saturated rings. The van der Waals surface area contributed by atoms with Crippen molar-refractivity contribution in [2.45, 2.75) is 13.3 Å². The van der Waals surface area contributed by atoms with Crippen LogP contribution in [0.3, 0.4) is 0 Å². The average molecular weight is 188 g/mol. The lowest BCUT2D eigenvalue weighted by Gasteiger charge is -2.11. The van der Waals surface area contributed by atoms with E-state index in [1.54, 1.807) is 5.01 Å². The van der Waals surface area contributed by atoms with Gasteiger partial charge in [-0.1, -0.05) is 25.1 Å². The molecule has 0 spiro atoms. The molecule has 1 aromatic rings. The van der Waals surface area contributed by atoms with Crippen molar-refractivity contribution in [1.82, 2.24) is 0 Å². The number of Topliss-reactive ketones (excluding diaryl/α,β-unsaturated/α-hetero) is 1. The highest BCUT2D eigenvalue weighted by molar-refractivity contribution is 6.42. The van der Waals surface area contributed by atoms with Crippen LogP contribution in [0.1, 0.15) is 13.3 Å². The monoisotopic (exact) mass is 188 g/mol. The fraction of sp³-hybridized carbons (Fsp3) is 0.273. The second kappa shape index (κ2) is 3.62. The van der Waals surface area contributed by atoms with Gasteiger partial charge in [-0.25, -0.2) is 0 Å². The van der Waals surface area contributed by atoms with Gasteiger partial charge in [-0.2, -0.15) is 5.10 Å². The van der Waals surface area contributed by atoms with Crippen molar-refractivity contribution in [3.8, 4) is 0 Å². The number of carbonyl (C=O) groups is 1. The number of hydrazone groups is 1. The normalized spacial score (nSPS) is 15.9. The standard InChI is InChI=1S/C11H12N2O/c1-2-10-11(14)8-13(12-10)9-6-4-3-5-7-9/h3-7H,2,8H2,1H3. The van der Waals surface area contributed by atoms with E-state index in [1.807, 2.05) is 37.3 Å². The van der Waals surface area contributed by atoms with Gasteiger partial charge in [0, 0.05) is 0 Å². The number of anilines is 1. The summed E-state index contributed by atoms with van der Waals surface area (Å²) < 4.78 is 0. The Kier molecular flexibility index (Phi) is 2.31. The molecule has 0 N–H and O–H groups in total. The molecular weight excluding hydrogens is 176 g/mol. The van der Waals surface area contributed by atoms with E-state index in [0.29, 0.717) is 18.7 Å². The molecular formula is C11H12N2O. The van der Waals surface area contributed by atoms with Crippen LogP contribution in [0.25, 0.3) is 0 Å². The van der Waals surface area contributed by atoms with Crippen molar-refractivity contribution in [3.05, 3.63) is 30.3 Å². The molecule has 3 nitrogen and oxygen atoms in total. The maximum absolute atomic E-state index is 11.4. The van der Waals surface area contributed by atoms with Gasteiger partial charge >= 0.3 is 0 Å².